The Kier molecular flexibility index (Phi) is 4.66. The molecule has 2 rings (SSSR count). The van der Waals surface area contributed by atoms with Crippen LogP contribution in [0.3, 0.4) is 0 Å². The maximum absolute atomic E-state index is 12.3. The Balaban J connectivity index is 2.06. The topological polar surface area (TPSA) is 93.2 Å². The van der Waals surface area contributed by atoms with E-state index in [1.54, 1.807) is 0 Å². The van der Waals surface area contributed by atoms with Gasteiger partial charge in [-0.1, -0.05) is 6.92 Å². The van der Waals surface area contributed by atoms with Crippen LogP contribution in [0.2, 0.25) is 0 Å². The molecule has 0 saturated carbocycles. The van der Waals surface area contributed by atoms with Crippen LogP contribution in [0.5, 0.6) is 0 Å². The number of aromatic nitrogens is 2. The van der Waals surface area contributed by atoms with Crippen molar-refractivity contribution < 1.29 is 8.42 Å². The zero-order chi connectivity index (χ0) is 14.8. The van der Waals surface area contributed by atoms with Crippen molar-refractivity contribution in [2.45, 2.75) is 44.2 Å². The molecule has 7 nitrogen and oxygen atoms in total. The molecule has 0 radical (unpaired) electrons. The molecule has 1 aromatic heterocycles. The average molecular weight is 301 g/mol. The molecular formula is C12H23N5O2S. The zero-order valence-corrected chi connectivity index (χ0v) is 12.9. The van der Waals surface area contributed by atoms with Crippen LogP contribution in [0.4, 0.5) is 5.82 Å². The Hall–Kier alpha value is -1.12. The number of nitrogens with two attached hydrogens (primary N) is 1. The van der Waals surface area contributed by atoms with E-state index < -0.39 is 10.0 Å². The van der Waals surface area contributed by atoms with Crippen molar-refractivity contribution >= 4 is 15.8 Å². The van der Waals surface area contributed by atoms with Crippen LogP contribution >= 0.6 is 0 Å². The van der Waals surface area contributed by atoms with Crippen molar-refractivity contribution in [2.75, 3.05) is 25.4 Å². The lowest BCUT2D eigenvalue weighted by Gasteiger charge is -2.31. The van der Waals surface area contributed by atoms with Crippen molar-refractivity contribution in [3.8, 4) is 0 Å². The van der Waals surface area contributed by atoms with Crippen molar-refractivity contribution in [1.29, 1.82) is 0 Å². The van der Waals surface area contributed by atoms with Crippen LogP contribution in [-0.2, 0) is 16.6 Å². The SMILES string of the molecule is CCN1CCC(NS(=O)(=O)c2cn(CC)nc2N)CC1. The first-order valence-electron chi connectivity index (χ1n) is 7.04. The molecule has 1 aliphatic rings. The van der Waals surface area contributed by atoms with E-state index in [1.165, 1.54) is 10.9 Å². The number of likely N-dealkylation sites (tertiary alicyclic amines) is 1. The lowest BCUT2D eigenvalue weighted by Crippen LogP contribution is -2.44. The van der Waals surface area contributed by atoms with Gasteiger partial charge in [0.2, 0.25) is 10.0 Å². The maximum atomic E-state index is 12.3. The van der Waals surface area contributed by atoms with Crippen LogP contribution in [0, 0.1) is 0 Å². The van der Waals surface area contributed by atoms with Gasteiger partial charge in [0, 0.05) is 18.8 Å². The predicted molar refractivity (Wildman–Crippen MR) is 77.8 cm³/mol. The molecule has 0 aliphatic carbocycles. The molecule has 20 heavy (non-hydrogen) atoms. The first-order valence-corrected chi connectivity index (χ1v) is 8.52. The average Bonchev–Trinajstić information content (AvgIpc) is 2.81. The molecular weight excluding hydrogens is 278 g/mol. The summed E-state index contributed by atoms with van der Waals surface area (Å²) in [5.41, 5.74) is 5.69. The summed E-state index contributed by atoms with van der Waals surface area (Å²) in [4.78, 5) is 2.39. The maximum Gasteiger partial charge on any atom is 0.246 e. The molecule has 1 aromatic rings. The second kappa shape index (κ2) is 6.11. The van der Waals surface area contributed by atoms with E-state index in [0.717, 1.165) is 32.5 Å². The standard InChI is InChI=1S/C12H23N5O2S/c1-3-16-7-5-10(6-8-16)15-20(18,19)11-9-17(4-2)14-12(11)13/h9-10,15H,3-8H2,1-2H3,(H2,13,14). The molecule has 1 aliphatic heterocycles. The molecule has 1 saturated heterocycles. The first kappa shape index (κ1) is 15.3. The van der Waals surface area contributed by atoms with Gasteiger partial charge in [0.15, 0.2) is 5.82 Å². The number of hydrogen-bond acceptors (Lipinski definition) is 5. The number of sulfonamides is 1. The number of nitrogen functional groups attached to an aromatic ring is 1. The zero-order valence-electron chi connectivity index (χ0n) is 12.0. The predicted octanol–water partition coefficient (Wildman–Crippen LogP) is 0.248. The van der Waals surface area contributed by atoms with E-state index in [-0.39, 0.29) is 16.8 Å². The molecule has 1 fully saturated rings. The molecule has 114 valence electrons. The van der Waals surface area contributed by atoms with Gasteiger partial charge >= 0.3 is 0 Å². The minimum absolute atomic E-state index is 0.0211. The highest BCUT2D eigenvalue weighted by Gasteiger charge is 2.27. The molecule has 0 unspecified atom stereocenters. The van der Waals surface area contributed by atoms with Gasteiger partial charge in [0.1, 0.15) is 4.90 Å². The van der Waals surface area contributed by atoms with Gasteiger partial charge in [-0.2, -0.15) is 5.10 Å². The van der Waals surface area contributed by atoms with Gasteiger partial charge in [-0.25, -0.2) is 13.1 Å². The number of anilines is 1. The van der Waals surface area contributed by atoms with Crippen LogP contribution in [0.1, 0.15) is 26.7 Å². The second-order valence-electron chi connectivity index (χ2n) is 5.06. The number of aryl methyl sites for hydroxylation is 1. The Morgan fingerprint density at radius 2 is 2.00 bits per heavy atom. The molecule has 3 N–H and O–H groups in total. The summed E-state index contributed by atoms with van der Waals surface area (Å²) >= 11 is 0. The highest BCUT2D eigenvalue weighted by molar-refractivity contribution is 7.89. The fraction of sp³-hybridized carbons (Fsp3) is 0.750. The lowest BCUT2D eigenvalue weighted by atomic mass is 10.1. The highest BCUT2D eigenvalue weighted by Crippen LogP contribution is 2.19. The Morgan fingerprint density at radius 1 is 1.35 bits per heavy atom. The van der Waals surface area contributed by atoms with Crippen LogP contribution in [0.25, 0.3) is 0 Å². The van der Waals surface area contributed by atoms with Crippen molar-refractivity contribution in [3.63, 3.8) is 0 Å². The van der Waals surface area contributed by atoms with Gasteiger partial charge in [-0.3, -0.25) is 4.68 Å². The van der Waals surface area contributed by atoms with E-state index in [2.05, 4.69) is 21.6 Å². The Labute approximate surface area is 120 Å². The quantitative estimate of drug-likeness (QED) is 0.813. The van der Waals surface area contributed by atoms with Crippen LogP contribution in [0.15, 0.2) is 11.1 Å². The van der Waals surface area contributed by atoms with E-state index in [1.807, 2.05) is 6.92 Å². The molecule has 0 aromatic carbocycles. The van der Waals surface area contributed by atoms with E-state index in [9.17, 15) is 8.42 Å². The summed E-state index contributed by atoms with van der Waals surface area (Å²) < 4.78 is 29.0. The van der Waals surface area contributed by atoms with Crippen LogP contribution < -0.4 is 10.5 Å². The summed E-state index contributed by atoms with van der Waals surface area (Å²) in [5, 5.41) is 3.98. The Morgan fingerprint density at radius 3 is 2.50 bits per heavy atom. The van der Waals surface area contributed by atoms with Gasteiger partial charge in [0.05, 0.1) is 0 Å². The summed E-state index contributed by atoms with van der Waals surface area (Å²) in [6, 6.07) is -0.0211. The van der Waals surface area contributed by atoms with Gasteiger partial charge in [0.25, 0.3) is 0 Å². The minimum Gasteiger partial charge on any atom is -0.381 e. The lowest BCUT2D eigenvalue weighted by molar-refractivity contribution is 0.217. The molecule has 0 bridgehead atoms. The van der Waals surface area contributed by atoms with Crippen molar-refractivity contribution in [3.05, 3.63) is 6.20 Å². The summed E-state index contributed by atoms with van der Waals surface area (Å²) in [6.45, 7) is 7.45. The minimum atomic E-state index is -3.58. The van der Waals surface area contributed by atoms with E-state index in [0.29, 0.717) is 6.54 Å². The number of rotatable bonds is 5. The number of nitrogens with one attached hydrogen (secondary N) is 1. The number of nitrogens with zero attached hydrogens (tertiary/aromatic N) is 3. The largest absolute Gasteiger partial charge is 0.381 e. The third-order valence-corrected chi connectivity index (χ3v) is 5.26. The highest BCUT2D eigenvalue weighted by atomic mass is 32.2. The van der Waals surface area contributed by atoms with Gasteiger partial charge in [-0.15, -0.1) is 0 Å². The van der Waals surface area contributed by atoms with Crippen LogP contribution in [-0.4, -0.2) is 48.8 Å². The summed E-state index contributed by atoms with van der Waals surface area (Å²) in [6.07, 6.45) is 3.14. The second-order valence-corrected chi connectivity index (χ2v) is 6.75. The summed E-state index contributed by atoms with van der Waals surface area (Å²) in [5.74, 6) is 0.0605. The molecule has 0 spiro atoms. The number of hydrogen-bond donors (Lipinski definition) is 2. The third-order valence-electron chi connectivity index (χ3n) is 3.73. The monoisotopic (exact) mass is 301 g/mol. The van der Waals surface area contributed by atoms with Crippen molar-refractivity contribution in [2.24, 2.45) is 0 Å². The van der Waals surface area contributed by atoms with Crippen molar-refractivity contribution in [1.82, 2.24) is 19.4 Å². The van der Waals surface area contributed by atoms with Gasteiger partial charge in [-0.05, 0) is 39.4 Å². The molecule has 8 heteroatoms. The van der Waals surface area contributed by atoms with E-state index in [4.69, 9.17) is 5.73 Å². The number of piperidine rings is 1. The summed E-state index contributed by atoms with van der Waals surface area (Å²) in [7, 11) is -3.58. The Bertz CT molecular complexity index is 546. The third kappa shape index (κ3) is 3.31. The normalized spacial score (nSPS) is 18.5. The molecule has 0 amide bonds. The first-order chi connectivity index (χ1) is 9.46. The smallest absolute Gasteiger partial charge is 0.246 e. The fourth-order valence-corrected chi connectivity index (χ4v) is 3.82. The molecule has 0 atom stereocenters. The van der Waals surface area contributed by atoms with Gasteiger partial charge < -0.3 is 10.6 Å². The fourth-order valence-electron chi connectivity index (χ4n) is 2.44. The molecule has 2 heterocycles. The van der Waals surface area contributed by atoms with E-state index >= 15 is 0 Å².